The van der Waals surface area contributed by atoms with E-state index in [-0.39, 0.29) is 0 Å². The van der Waals surface area contributed by atoms with Crippen LogP contribution in [0, 0.1) is 11.8 Å². The van der Waals surface area contributed by atoms with Crippen molar-refractivity contribution in [2.75, 3.05) is 6.61 Å². The molecule has 15 heavy (non-hydrogen) atoms. The van der Waals surface area contributed by atoms with Gasteiger partial charge in [0, 0.05) is 13.0 Å². The molecule has 0 bridgehead atoms. The van der Waals surface area contributed by atoms with Crippen LogP contribution in [0.4, 0.5) is 0 Å². The predicted octanol–water partition coefficient (Wildman–Crippen LogP) is 2.70. The number of hydrogen-bond donors (Lipinski definition) is 1. The first-order valence-corrected chi connectivity index (χ1v) is 5.58. The van der Waals surface area contributed by atoms with Crippen molar-refractivity contribution in [2.45, 2.75) is 19.9 Å². The lowest BCUT2D eigenvalue weighted by molar-refractivity contribution is 0.325. The molecular weight excluding hydrogens is 254 g/mol. The topological polar surface area (TPSA) is 35.2 Å². The Bertz CT molecular complexity index is 379. The summed E-state index contributed by atoms with van der Waals surface area (Å²) in [4.78, 5) is 0. The average Bonchev–Trinajstić information content (AvgIpc) is 2.26. The van der Waals surface area contributed by atoms with E-state index < -0.39 is 0 Å². The summed E-state index contributed by atoms with van der Waals surface area (Å²) in [5.41, 5.74) is 6.61. The van der Waals surface area contributed by atoms with Crippen molar-refractivity contribution in [3.63, 3.8) is 0 Å². The lowest BCUT2D eigenvalue weighted by atomic mass is 10.2. The van der Waals surface area contributed by atoms with Gasteiger partial charge in [-0.2, -0.15) is 0 Å². The Morgan fingerprint density at radius 3 is 2.87 bits per heavy atom. The Kier molecular flexibility index (Phi) is 5.23. The van der Waals surface area contributed by atoms with Gasteiger partial charge in [-0.05, 0) is 40.5 Å². The number of rotatable bonds is 4. The lowest BCUT2D eigenvalue weighted by Gasteiger charge is -2.07. The Morgan fingerprint density at radius 2 is 2.27 bits per heavy atom. The summed E-state index contributed by atoms with van der Waals surface area (Å²) in [5, 5.41) is 0. The van der Waals surface area contributed by atoms with Gasteiger partial charge in [-0.25, -0.2) is 0 Å². The molecule has 2 N–H and O–H groups in total. The number of hydrogen-bond acceptors (Lipinski definition) is 2. The van der Waals surface area contributed by atoms with Gasteiger partial charge in [0.25, 0.3) is 0 Å². The molecule has 1 rings (SSSR count). The van der Waals surface area contributed by atoms with E-state index in [1.807, 2.05) is 25.1 Å². The third-order valence-corrected chi connectivity index (χ3v) is 2.51. The Balaban J connectivity index is 2.56. The van der Waals surface area contributed by atoms with Crippen LogP contribution in [0.3, 0.4) is 0 Å². The van der Waals surface area contributed by atoms with E-state index in [1.54, 1.807) is 0 Å². The molecule has 0 unspecified atom stereocenters. The highest BCUT2D eigenvalue weighted by molar-refractivity contribution is 9.10. The fraction of sp³-hybridized carbons (Fsp3) is 0.333. The first-order valence-electron chi connectivity index (χ1n) is 4.79. The van der Waals surface area contributed by atoms with Crippen LogP contribution >= 0.6 is 15.9 Å². The second-order valence-electron chi connectivity index (χ2n) is 2.99. The van der Waals surface area contributed by atoms with Crippen molar-refractivity contribution in [3.8, 4) is 17.6 Å². The molecule has 0 aromatic heterocycles. The molecule has 0 aliphatic rings. The smallest absolute Gasteiger partial charge is 0.133 e. The minimum absolute atomic E-state index is 0.542. The zero-order chi connectivity index (χ0) is 11.1. The maximum Gasteiger partial charge on any atom is 0.133 e. The van der Waals surface area contributed by atoms with E-state index in [1.165, 1.54) is 0 Å². The van der Waals surface area contributed by atoms with Gasteiger partial charge in [0.1, 0.15) is 5.75 Å². The molecule has 3 heteroatoms. The van der Waals surface area contributed by atoms with E-state index in [4.69, 9.17) is 10.5 Å². The van der Waals surface area contributed by atoms with Crippen molar-refractivity contribution in [2.24, 2.45) is 5.73 Å². The summed E-state index contributed by atoms with van der Waals surface area (Å²) in [7, 11) is 0. The van der Waals surface area contributed by atoms with Crippen LogP contribution in [-0.2, 0) is 6.54 Å². The average molecular weight is 268 g/mol. The summed E-state index contributed by atoms with van der Waals surface area (Å²) < 4.78 is 6.49. The molecule has 0 heterocycles. The van der Waals surface area contributed by atoms with Crippen molar-refractivity contribution in [1.29, 1.82) is 0 Å². The minimum Gasteiger partial charge on any atom is -0.491 e. The third kappa shape index (κ3) is 3.94. The minimum atomic E-state index is 0.542. The second-order valence-corrected chi connectivity index (χ2v) is 3.85. The van der Waals surface area contributed by atoms with Crippen molar-refractivity contribution in [3.05, 3.63) is 28.2 Å². The van der Waals surface area contributed by atoms with Crippen molar-refractivity contribution >= 4 is 15.9 Å². The van der Waals surface area contributed by atoms with Crippen LogP contribution < -0.4 is 10.5 Å². The maximum atomic E-state index is 5.55. The Morgan fingerprint density at radius 1 is 1.47 bits per heavy atom. The second kappa shape index (κ2) is 6.49. The summed E-state index contributed by atoms with van der Waals surface area (Å²) in [6.07, 6.45) is 0.752. The van der Waals surface area contributed by atoms with Crippen LogP contribution in [-0.4, -0.2) is 6.61 Å². The van der Waals surface area contributed by atoms with Gasteiger partial charge in [0.15, 0.2) is 0 Å². The Labute approximate surface area is 98.9 Å². The molecule has 0 atom stereocenters. The monoisotopic (exact) mass is 267 g/mol. The molecule has 0 saturated heterocycles. The lowest BCUT2D eigenvalue weighted by Crippen LogP contribution is -1.99. The first-order chi connectivity index (χ1) is 7.27. The van der Waals surface area contributed by atoms with E-state index in [0.717, 1.165) is 22.2 Å². The van der Waals surface area contributed by atoms with Gasteiger partial charge >= 0.3 is 0 Å². The number of benzene rings is 1. The molecule has 2 nitrogen and oxygen atoms in total. The van der Waals surface area contributed by atoms with Gasteiger partial charge in [0.2, 0.25) is 0 Å². The number of halogens is 1. The van der Waals surface area contributed by atoms with Gasteiger partial charge in [0.05, 0.1) is 11.1 Å². The summed E-state index contributed by atoms with van der Waals surface area (Å²) in [5.74, 6) is 6.62. The summed E-state index contributed by atoms with van der Waals surface area (Å²) in [6, 6.07) is 5.86. The largest absolute Gasteiger partial charge is 0.491 e. The van der Waals surface area contributed by atoms with E-state index in [0.29, 0.717) is 13.2 Å². The van der Waals surface area contributed by atoms with E-state index in [9.17, 15) is 0 Å². The fourth-order valence-corrected chi connectivity index (χ4v) is 1.67. The molecule has 0 saturated carbocycles. The number of ether oxygens (including phenoxy) is 1. The SMILES string of the molecule is CC#CCCOc1ccc(CN)cc1Br. The van der Waals surface area contributed by atoms with Crippen molar-refractivity contribution in [1.82, 2.24) is 0 Å². The normalized spacial score (nSPS) is 9.27. The van der Waals surface area contributed by atoms with Gasteiger partial charge < -0.3 is 10.5 Å². The van der Waals surface area contributed by atoms with Gasteiger partial charge in [-0.3, -0.25) is 0 Å². The quantitative estimate of drug-likeness (QED) is 0.673. The first kappa shape index (κ1) is 12.1. The molecule has 0 radical (unpaired) electrons. The molecule has 1 aromatic rings. The highest BCUT2D eigenvalue weighted by Crippen LogP contribution is 2.25. The zero-order valence-electron chi connectivity index (χ0n) is 8.72. The van der Waals surface area contributed by atoms with E-state index >= 15 is 0 Å². The molecule has 0 fully saturated rings. The van der Waals surface area contributed by atoms with Crippen molar-refractivity contribution < 1.29 is 4.74 Å². The van der Waals surface area contributed by atoms with Crippen LogP contribution in [0.2, 0.25) is 0 Å². The van der Waals surface area contributed by atoms with Crippen LogP contribution in [0.1, 0.15) is 18.9 Å². The maximum absolute atomic E-state index is 5.55. The van der Waals surface area contributed by atoms with Crippen LogP contribution in [0.15, 0.2) is 22.7 Å². The molecule has 0 spiro atoms. The highest BCUT2D eigenvalue weighted by Gasteiger charge is 2.01. The molecular formula is C12H14BrNO. The van der Waals surface area contributed by atoms with Crippen LogP contribution in [0.5, 0.6) is 5.75 Å². The zero-order valence-corrected chi connectivity index (χ0v) is 10.3. The standard InChI is InChI=1S/C12H14BrNO/c1-2-3-4-7-15-12-6-5-10(9-14)8-11(12)13/h5-6,8H,4,7,9,14H2,1H3. The molecule has 1 aromatic carbocycles. The van der Waals surface area contributed by atoms with Gasteiger partial charge in [-0.15, -0.1) is 11.8 Å². The van der Waals surface area contributed by atoms with Crippen LogP contribution in [0.25, 0.3) is 0 Å². The predicted molar refractivity (Wildman–Crippen MR) is 65.6 cm³/mol. The molecule has 0 aliphatic carbocycles. The third-order valence-electron chi connectivity index (χ3n) is 1.89. The molecule has 0 aliphatic heterocycles. The molecule has 80 valence electrons. The fourth-order valence-electron chi connectivity index (χ4n) is 1.13. The molecule has 0 amide bonds. The van der Waals surface area contributed by atoms with Gasteiger partial charge in [-0.1, -0.05) is 6.07 Å². The highest BCUT2D eigenvalue weighted by atomic mass is 79.9. The summed E-state index contributed by atoms with van der Waals surface area (Å²) in [6.45, 7) is 2.98. The number of nitrogens with two attached hydrogens (primary N) is 1. The van der Waals surface area contributed by atoms with E-state index in [2.05, 4.69) is 27.8 Å². The summed E-state index contributed by atoms with van der Waals surface area (Å²) >= 11 is 3.44. The Hall–Kier alpha value is -0.980.